The summed E-state index contributed by atoms with van der Waals surface area (Å²) in [6.07, 6.45) is 5.43. The molecule has 0 saturated carbocycles. The molecule has 3 aromatic heterocycles. The second kappa shape index (κ2) is 9.14. The lowest BCUT2D eigenvalue weighted by Crippen LogP contribution is -2.24. The number of benzene rings is 1. The van der Waals surface area contributed by atoms with E-state index in [9.17, 15) is 4.79 Å². The Hall–Kier alpha value is -3.45. The van der Waals surface area contributed by atoms with Gasteiger partial charge in [0.2, 0.25) is 5.91 Å². The van der Waals surface area contributed by atoms with Crippen LogP contribution < -0.4 is 0 Å². The van der Waals surface area contributed by atoms with Gasteiger partial charge in [0.15, 0.2) is 0 Å². The van der Waals surface area contributed by atoms with E-state index in [-0.39, 0.29) is 5.91 Å². The van der Waals surface area contributed by atoms with Crippen LogP contribution in [0.3, 0.4) is 0 Å². The van der Waals surface area contributed by atoms with Gasteiger partial charge in [-0.1, -0.05) is 41.6 Å². The third-order valence-corrected chi connectivity index (χ3v) is 5.97. The van der Waals surface area contributed by atoms with Crippen molar-refractivity contribution in [1.82, 2.24) is 19.8 Å². The largest absolute Gasteiger partial charge is 0.361 e. The maximum Gasteiger partial charge on any atom is 0.246 e. The minimum atomic E-state index is -0.0899. The van der Waals surface area contributed by atoms with Gasteiger partial charge in [-0.25, -0.2) is 0 Å². The molecule has 7 heteroatoms. The molecule has 0 aliphatic heterocycles. The minimum absolute atomic E-state index is 0.0899. The monoisotopic (exact) mass is 432 g/mol. The third-order valence-electron chi connectivity index (χ3n) is 5.09. The highest BCUT2D eigenvalue weighted by molar-refractivity contribution is 7.13. The summed E-state index contributed by atoms with van der Waals surface area (Å²) in [6.45, 7) is 4.87. The Morgan fingerprint density at radius 2 is 2.00 bits per heavy atom. The first-order valence-electron chi connectivity index (χ1n) is 10.0. The highest BCUT2D eigenvalue weighted by Crippen LogP contribution is 2.28. The number of aromatic nitrogens is 3. The van der Waals surface area contributed by atoms with Gasteiger partial charge in [0.05, 0.1) is 23.7 Å². The molecule has 0 bridgehead atoms. The number of carbonyl (C=O) groups is 1. The maximum absolute atomic E-state index is 12.7. The van der Waals surface area contributed by atoms with Crippen LogP contribution in [0.5, 0.6) is 0 Å². The summed E-state index contributed by atoms with van der Waals surface area (Å²) in [6, 6.07) is 14.3. The second-order valence-corrected chi connectivity index (χ2v) is 8.37. The summed E-state index contributed by atoms with van der Waals surface area (Å²) < 4.78 is 7.12. The van der Waals surface area contributed by atoms with Crippen molar-refractivity contribution in [3.05, 3.63) is 88.3 Å². The van der Waals surface area contributed by atoms with Crippen molar-refractivity contribution < 1.29 is 9.32 Å². The Balaban J connectivity index is 1.54. The molecule has 3 heterocycles. The maximum atomic E-state index is 12.7. The van der Waals surface area contributed by atoms with Crippen LogP contribution in [0.25, 0.3) is 16.6 Å². The molecule has 0 saturated heterocycles. The normalized spacial score (nSPS) is 11.3. The van der Waals surface area contributed by atoms with Crippen molar-refractivity contribution in [2.45, 2.75) is 26.9 Å². The van der Waals surface area contributed by atoms with E-state index in [0.29, 0.717) is 13.1 Å². The van der Waals surface area contributed by atoms with Crippen LogP contribution >= 0.6 is 11.3 Å². The molecule has 0 fully saturated rings. The molecule has 4 aromatic rings. The molecule has 1 aromatic carbocycles. The highest BCUT2D eigenvalue weighted by atomic mass is 32.1. The van der Waals surface area contributed by atoms with Crippen LogP contribution in [0.2, 0.25) is 0 Å². The number of rotatable bonds is 7. The molecule has 6 nitrogen and oxygen atoms in total. The molecule has 1 amide bonds. The average molecular weight is 433 g/mol. The molecular weight excluding hydrogens is 408 g/mol. The van der Waals surface area contributed by atoms with Gasteiger partial charge in [-0.05, 0) is 36.9 Å². The van der Waals surface area contributed by atoms with Crippen molar-refractivity contribution in [1.29, 1.82) is 0 Å². The molecule has 0 aliphatic rings. The Morgan fingerprint density at radius 1 is 1.19 bits per heavy atom. The number of thiophene rings is 1. The second-order valence-electron chi connectivity index (χ2n) is 7.42. The molecule has 0 spiro atoms. The van der Waals surface area contributed by atoms with Gasteiger partial charge in [-0.2, -0.15) is 5.10 Å². The molecule has 4 rings (SSSR count). The summed E-state index contributed by atoms with van der Waals surface area (Å²) in [5.41, 5.74) is 4.72. The minimum Gasteiger partial charge on any atom is -0.361 e. The first-order chi connectivity index (χ1) is 15.0. The Kier molecular flexibility index (Phi) is 6.13. The topological polar surface area (TPSA) is 64.2 Å². The predicted molar refractivity (Wildman–Crippen MR) is 123 cm³/mol. The van der Waals surface area contributed by atoms with Gasteiger partial charge in [-0.15, -0.1) is 11.3 Å². The smallest absolute Gasteiger partial charge is 0.246 e. The van der Waals surface area contributed by atoms with E-state index in [1.807, 2.05) is 66.5 Å². The van der Waals surface area contributed by atoms with E-state index in [0.717, 1.165) is 33.2 Å². The van der Waals surface area contributed by atoms with E-state index in [1.165, 1.54) is 5.56 Å². The number of carbonyl (C=O) groups excluding carboxylic acids is 1. The SMILES string of the molecule is Cc1noc(C)c1CN(C)C(=O)/C=C/c1cn(Cc2ccccc2)nc1-c1cccs1. The molecule has 158 valence electrons. The lowest BCUT2D eigenvalue weighted by Gasteiger charge is -2.14. The number of likely N-dealkylation sites (N-methyl/N-ethyl adjacent to an activating group) is 1. The van der Waals surface area contributed by atoms with Gasteiger partial charge in [0.25, 0.3) is 0 Å². The number of nitrogens with zero attached hydrogens (tertiary/aromatic N) is 4. The fourth-order valence-corrected chi connectivity index (χ4v) is 4.08. The van der Waals surface area contributed by atoms with E-state index in [4.69, 9.17) is 9.62 Å². The lowest BCUT2D eigenvalue weighted by molar-refractivity contribution is -0.125. The van der Waals surface area contributed by atoms with Gasteiger partial charge in [0.1, 0.15) is 11.5 Å². The summed E-state index contributed by atoms with van der Waals surface area (Å²) in [7, 11) is 1.78. The van der Waals surface area contributed by atoms with Crippen LogP contribution in [-0.4, -0.2) is 32.8 Å². The van der Waals surface area contributed by atoms with Crippen molar-refractivity contribution >= 4 is 23.3 Å². The molecule has 0 N–H and O–H groups in total. The molecular formula is C24H24N4O2S. The van der Waals surface area contributed by atoms with Crippen molar-refractivity contribution in [2.75, 3.05) is 7.05 Å². The van der Waals surface area contributed by atoms with Crippen LogP contribution in [0, 0.1) is 13.8 Å². The van der Waals surface area contributed by atoms with Gasteiger partial charge in [0, 0.05) is 30.4 Å². The van der Waals surface area contributed by atoms with E-state index < -0.39 is 0 Å². The van der Waals surface area contributed by atoms with Crippen LogP contribution in [0.1, 0.15) is 28.1 Å². The number of amides is 1. The number of hydrogen-bond acceptors (Lipinski definition) is 5. The van der Waals surface area contributed by atoms with Crippen molar-refractivity contribution in [3.8, 4) is 10.6 Å². The number of aryl methyl sites for hydroxylation is 2. The van der Waals surface area contributed by atoms with Gasteiger partial charge < -0.3 is 9.42 Å². The first-order valence-corrected chi connectivity index (χ1v) is 10.9. The summed E-state index contributed by atoms with van der Waals surface area (Å²) in [5, 5.41) is 10.8. The highest BCUT2D eigenvalue weighted by Gasteiger charge is 2.15. The molecule has 0 radical (unpaired) electrons. The van der Waals surface area contributed by atoms with Crippen LogP contribution in [-0.2, 0) is 17.9 Å². The molecule has 0 aliphatic carbocycles. The molecule has 0 atom stereocenters. The summed E-state index contributed by atoms with van der Waals surface area (Å²) in [5.74, 6) is 0.649. The third kappa shape index (κ3) is 4.83. The summed E-state index contributed by atoms with van der Waals surface area (Å²) in [4.78, 5) is 15.5. The number of hydrogen-bond donors (Lipinski definition) is 0. The Bertz CT molecular complexity index is 1170. The van der Waals surface area contributed by atoms with Gasteiger partial charge >= 0.3 is 0 Å². The van der Waals surface area contributed by atoms with E-state index >= 15 is 0 Å². The summed E-state index contributed by atoms with van der Waals surface area (Å²) >= 11 is 1.63. The fourth-order valence-electron chi connectivity index (χ4n) is 3.35. The fraction of sp³-hybridized carbons (Fsp3) is 0.208. The first kappa shape index (κ1) is 20.8. The van der Waals surface area contributed by atoms with E-state index in [1.54, 1.807) is 29.4 Å². The van der Waals surface area contributed by atoms with Gasteiger partial charge in [-0.3, -0.25) is 9.48 Å². The zero-order chi connectivity index (χ0) is 21.8. The molecule has 31 heavy (non-hydrogen) atoms. The van der Waals surface area contributed by atoms with Crippen molar-refractivity contribution in [2.24, 2.45) is 0 Å². The standard InChI is InChI=1S/C24H24N4O2S/c1-17-21(18(2)30-26-17)16-27(3)23(29)12-11-20-15-28(14-19-8-5-4-6-9-19)25-24(20)22-10-7-13-31-22/h4-13,15H,14,16H2,1-3H3/b12-11+. The van der Waals surface area contributed by atoms with Crippen LogP contribution in [0.15, 0.2) is 64.6 Å². The Morgan fingerprint density at radius 3 is 2.68 bits per heavy atom. The lowest BCUT2D eigenvalue weighted by atomic mass is 10.2. The average Bonchev–Trinajstić information content (AvgIpc) is 3.50. The van der Waals surface area contributed by atoms with E-state index in [2.05, 4.69) is 17.3 Å². The Labute approximate surface area is 185 Å². The molecule has 0 unspecified atom stereocenters. The quantitative estimate of drug-likeness (QED) is 0.388. The predicted octanol–water partition coefficient (Wildman–Crippen LogP) is 4.94. The zero-order valence-corrected chi connectivity index (χ0v) is 18.6. The van der Waals surface area contributed by atoms with Crippen LogP contribution in [0.4, 0.5) is 0 Å². The zero-order valence-electron chi connectivity index (χ0n) is 17.8. The van der Waals surface area contributed by atoms with Crippen molar-refractivity contribution in [3.63, 3.8) is 0 Å².